The summed E-state index contributed by atoms with van der Waals surface area (Å²) < 4.78 is 17.6. The third-order valence-corrected chi connectivity index (χ3v) is 12.6. The molecule has 55 heavy (non-hydrogen) atoms. The molecule has 1 amide bonds. The largest absolute Gasteiger partial charge is 0.479 e. The fourth-order valence-electron chi connectivity index (χ4n) is 7.53. The Labute approximate surface area is 333 Å². The molecule has 1 heterocycles. The summed E-state index contributed by atoms with van der Waals surface area (Å²) >= 11 is 0. The molecular weight excluding hydrogens is 723 g/mol. The fraction of sp³-hybridized carbons (Fsp3) is 0.952. The molecule has 1 aliphatic heterocycles. The molecule has 1 saturated heterocycles. The number of carbonyl (C=O) groups excluding carboxylic acids is 1. The summed E-state index contributed by atoms with van der Waals surface area (Å²) in [4.78, 5) is 34.8. The summed E-state index contributed by atoms with van der Waals surface area (Å²) in [6.07, 6.45) is 30.4. The molecule has 1 aliphatic rings. The minimum absolute atomic E-state index is 0.134. The minimum atomic E-state index is -4.49. The van der Waals surface area contributed by atoms with Gasteiger partial charge in [-0.2, -0.15) is 0 Å². The normalized spacial score (nSPS) is 21.3. The van der Waals surface area contributed by atoms with E-state index in [1.165, 1.54) is 155 Å². The summed E-state index contributed by atoms with van der Waals surface area (Å²) in [5, 5.41) is 54.5. The van der Waals surface area contributed by atoms with E-state index in [-0.39, 0.29) is 12.8 Å². The number of amides is 1. The number of hydrogen-bond donors (Lipinski definition) is 8. The van der Waals surface area contributed by atoms with Crippen LogP contribution < -0.4 is 10.6 Å². The van der Waals surface area contributed by atoms with Crippen LogP contribution in [0.5, 0.6) is 0 Å². The zero-order chi connectivity index (χ0) is 40.8. The van der Waals surface area contributed by atoms with Gasteiger partial charge in [0.1, 0.15) is 0 Å². The molecular formula is C42H83N2O10P. The Kier molecular flexibility index (Phi) is 30.0. The average molecular weight is 807 g/mol. The standard InChI is InChI=1S/C42H83N2O10P/c1-3-4-5-6-7-8-9-10-11-12-13-14-15-16-17-18-19-20-21-22-23-24-25-26-27-28-29-30-38(47)44-42(2,41(50)51)34-54-55(52,53)33-35(46)31-36-39(48)40(49)37(32-45)43-36/h35-37,39-40,43,45-46,48-49H,3-34H2,1-2H3,(H,44,47)(H,50,51)(H,52,53)/t35-,36-,37-,39-,40-,42?/m1/s1. The highest BCUT2D eigenvalue weighted by atomic mass is 31.2. The van der Waals surface area contributed by atoms with E-state index in [4.69, 9.17) is 4.52 Å². The van der Waals surface area contributed by atoms with Crippen molar-refractivity contribution in [3.63, 3.8) is 0 Å². The number of nitrogens with one attached hydrogen (secondary N) is 2. The molecule has 0 radical (unpaired) electrons. The first-order valence-electron chi connectivity index (χ1n) is 22.3. The molecule has 0 aliphatic carbocycles. The van der Waals surface area contributed by atoms with Crippen LogP contribution in [0.15, 0.2) is 0 Å². The van der Waals surface area contributed by atoms with Gasteiger partial charge in [0.05, 0.1) is 43.7 Å². The molecule has 12 nitrogen and oxygen atoms in total. The van der Waals surface area contributed by atoms with Crippen LogP contribution in [0.3, 0.4) is 0 Å². The first-order chi connectivity index (χ1) is 26.3. The Hall–Kier alpha value is -1.11. The fourth-order valence-corrected chi connectivity index (χ4v) is 8.78. The van der Waals surface area contributed by atoms with Gasteiger partial charge in [0.15, 0.2) is 5.54 Å². The molecule has 1 rings (SSSR count). The maximum Gasteiger partial charge on any atom is 0.331 e. The first-order valence-corrected chi connectivity index (χ1v) is 24.0. The van der Waals surface area contributed by atoms with Crippen molar-refractivity contribution in [2.24, 2.45) is 0 Å². The monoisotopic (exact) mass is 807 g/mol. The predicted molar refractivity (Wildman–Crippen MR) is 220 cm³/mol. The molecule has 7 atom stereocenters. The summed E-state index contributed by atoms with van der Waals surface area (Å²) in [5.74, 6) is -1.91. The molecule has 8 N–H and O–H groups in total. The molecule has 0 aromatic carbocycles. The van der Waals surface area contributed by atoms with E-state index in [1.807, 2.05) is 0 Å². The number of carboxylic acid groups (broad SMARTS) is 1. The summed E-state index contributed by atoms with van der Waals surface area (Å²) in [6, 6.07) is -1.62. The van der Waals surface area contributed by atoms with Gasteiger partial charge < -0.3 is 45.6 Å². The van der Waals surface area contributed by atoms with Crippen molar-refractivity contribution < 1.29 is 49.1 Å². The maximum atomic E-state index is 12.6. The van der Waals surface area contributed by atoms with Crippen LogP contribution in [0, 0.1) is 0 Å². The lowest BCUT2D eigenvalue weighted by Crippen LogP contribution is -2.55. The number of aliphatic hydroxyl groups excluding tert-OH is 4. The van der Waals surface area contributed by atoms with Crippen molar-refractivity contribution in [2.75, 3.05) is 19.4 Å². The number of carbonyl (C=O) groups is 2. The van der Waals surface area contributed by atoms with Crippen LogP contribution in [0.1, 0.15) is 200 Å². The van der Waals surface area contributed by atoms with E-state index in [9.17, 15) is 44.6 Å². The van der Waals surface area contributed by atoms with Crippen LogP contribution in [0.2, 0.25) is 0 Å². The highest BCUT2D eigenvalue weighted by Crippen LogP contribution is 2.44. The van der Waals surface area contributed by atoms with Gasteiger partial charge in [-0.05, 0) is 19.8 Å². The summed E-state index contributed by atoms with van der Waals surface area (Å²) in [6.45, 7) is 2.25. The Bertz CT molecular complexity index is 1020. The molecule has 2 unspecified atom stereocenters. The van der Waals surface area contributed by atoms with Gasteiger partial charge in [0.25, 0.3) is 0 Å². The second-order valence-electron chi connectivity index (χ2n) is 16.7. The third-order valence-electron chi connectivity index (χ3n) is 11.2. The number of unbranched alkanes of at least 4 members (excludes halogenated alkanes) is 26. The topological polar surface area (TPSA) is 206 Å². The van der Waals surface area contributed by atoms with E-state index < -0.39 is 74.8 Å². The Balaban J connectivity index is 1.99. The lowest BCUT2D eigenvalue weighted by molar-refractivity contribution is -0.148. The average Bonchev–Trinajstić information content (AvgIpc) is 3.41. The van der Waals surface area contributed by atoms with E-state index in [1.54, 1.807) is 0 Å². The Morgan fingerprint density at radius 3 is 1.40 bits per heavy atom. The lowest BCUT2D eigenvalue weighted by atomic mass is 10.0. The number of carboxylic acids is 1. The van der Waals surface area contributed by atoms with Gasteiger partial charge in [-0.15, -0.1) is 0 Å². The van der Waals surface area contributed by atoms with Crippen molar-refractivity contribution in [2.45, 2.75) is 236 Å². The minimum Gasteiger partial charge on any atom is -0.479 e. The molecule has 326 valence electrons. The van der Waals surface area contributed by atoms with Gasteiger partial charge in [-0.3, -0.25) is 9.36 Å². The van der Waals surface area contributed by atoms with E-state index in [0.717, 1.165) is 19.3 Å². The van der Waals surface area contributed by atoms with E-state index in [0.29, 0.717) is 6.42 Å². The Morgan fingerprint density at radius 2 is 1.05 bits per heavy atom. The van der Waals surface area contributed by atoms with Crippen molar-refractivity contribution in [3.05, 3.63) is 0 Å². The second-order valence-corrected chi connectivity index (χ2v) is 18.6. The van der Waals surface area contributed by atoms with Gasteiger partial charge in [0.2, 0.25) is 5.91 Å². The van der Waals surface area contributed by atoms with Gasteiger partial charge in [0, 0.05) is 12.5 Å². The number of aliphatic carboxylic acids is 1. The molecule has 13 heteroatoms. The molecule has 0 aromatic heterocycles. The van der Waals surface area contributed by atoms with E-state index >= 15 is 0 Å². The molecule has 0 saturated carbocycles. The van der Waals surface area contributed by atoms with Crippen LogP contribution in [-0.4, -0.2) is 97.6 Å². The summed E-state index contributed by atoms with van der Waals surface area (Å²) in [5.41, 5.74) is -1.95. The number of hydrogen-bond acceptors (Lipinski definition) is 9. The molecule has 0 bridgehead atoms. The zero-order valence-electron chi connectivity index (χ0n) is 34.8. The second kappa shape index (κ2) is 31.8. The highest BCUT2D eigenvalue weighted by molar-refractivity contribution is 7.52. The smallest absolute Gasteiger partial charge is 0.331 e. The zero-order valence-corrected chi connectivity index (χ0v) is 35.7. The van der Waals surface area contributed by atoms with Crippen LogP contribution in [-0.2, 0) is 18.7 Å². The number of rotatable bonds is 38. The SMILES string of the molecule is CCCCCCCCCCCCCCCCCCCCCCCCCCCCCC(=O)NC(C)(COP(=O)(O)C[C@H](O)C[C@H]1N[C@H](CO)[C@@H](O)[C@@H]1O)C(=O)O. The van der Waals surface area contributed by atoms with Crippen LogP contribution in [0.25, 0.3) is 0 Å². The van der Waals surface area contributed by atoms with Gasteiger partial charge >= 0.3 is 13.6 Å². The van der Waals surface area contributed by atoms with Crippen molar-refractivity contribution >= 4 is 19.5 Å². The number of aliphatic hydroxyl groups is 4. The van der Waals surface area contributed by atoms with Crippen molar-refractivity contribution in [1.82, 2.24) is 10.6 Å². The molecule has 1 fully saturated rings. The molecule has 0 aromatic rings. The summed E-state index contributed by atoms with van der Waals surface area (Å²) in [7, 11) is -4.49. The highest BCUT2D eigenvalue weighted by Gasteiger charge is 2.43. The maximum absolute atomic E-state index is 12.6. The van der Waals surface area contributed by atoms with Gasteiger partial charge in [-0.25, -0.2) is 4.79 Å². The van der Waals surface area contributed by atoms with Gasteiger partial charge in [-0.1, -0.05) is 174 Å². The molecule has 0 spiro atoms. The first kappa shape index (κ1) is 51.9. The lowest BCUT2D eigenvalue weighted by Gasteiger charge is -2.28. The van der Waals surface area contributed by atoms with Crippen LogP contribution >= 0.6 is 7.60 Å². The predicted octanol–water partition coefficient (Wildman–Crippen LogP) is 7.90. The van der Waals surface area contributed by atoms with Crippen LogP contribution in [0.4, 0.5) is 0 Å². The third kappa shape index (κ3) is 25.8. The van der Waals surface area contributed by atoms with E-state index in [2.05, 4.69) is 17.6 Å². The quantitative estimate of drug-likeness (QED) is 0.0222. The van der Waals surface area contributed by atoms with Crippen molar-refractivity contribution in [1.29, 1.82) is 0 Å². The Morgan fingerprint density at radius 1 is 0.691 bits per heavy atom. The van der Waals surface area contributed by atoms with Crippen molar-refractivity contribution in [3.8, 4) is 0 Å².